The van der Waals surface area contributed by atoms with E-state index in [1.54, 1.807) is 48.5 Å². The minimum atomic E-state index is -1.05. The van der Waals surface area contributed by atoms with E-state index in [0.717, 1.165) is 4.90 Å². The molecule has 0 spiro atoms. The van der Waals surface area contributed by atoms with E-state index in [2.05, 4.69) is 5.32 Å². The first kappa shape index (κ1) is 20.5. The number of benzene rings is 2. The summed E-state index contributed by atoms with van der Waals surface area (Å²) in [6.45, 7) is 1.33. The minimum Gasteiger partial charge on any atom is -0.452 e. The van der Waals surface area contributed by atoms with Gasteiger partial charge >= 0.3 is 5.97 Å². The minimum absolute atomic E-state index is 0.104. The van der Waals surface area contributed by atoms with E-state index in [1.165, 1.54) is 6.92 Å². The Morgan fingerprint density at radius 2 is 1.93 bits per heavy atom. The molecule has 3 rings (SSSR count). The Balaban J connectivity index is 1.52. The molecule has 0 saturated carbocycles. The molecular formula is C21H19ClN2O5. The summed E-state index contributed by atoms with van der Waals surface area (Å²) < 4.78 is 5.11. The molecule has 1 N–H and O–H groups in total. The highest BCUT2D eigenvalue weighted by Gasteiger charge is 2.31. The first-order valence-corrected chi connectivity index (χ1v) is 9.41. The van der Waals surface area contributed by atoms with Crippen molar-refractivity contribution in [2.75, 3.05) is 11.9 Å². The van der Waals surface area contributed by atoms with Gasteiger partial charge in [0.1, 0.15) is 0 Å². The molecule has 0 radical (unpaired) electrons. The number of esters is 1. The quantitative estimate of drug-likeness (QED) is 0.579. The van der Waals surface area contributed by atoms with Crippen LogP contribution in [0.15, 0.2) is 48.5 Å². The highest BCUT2D eigenvalue weighted by Crippen LogP contribution is 2.20. The molecule has 1 atom stereocenters. The molecule has 0 unspecified atom stereocenters. The first-order chi connectivity index (χ1) is 13.8. The topological polar surface area (TPSA) is 92.8 Å². The van der Waals surface area contributed by atoms with Crippen LogP contribution in [0.1, 0.15) is 29.3 Å². The molecular weight excluding hydrogens is 396 g/mol. The summed E-state index contributed by atoms with van der Waals surface area (Å²) in [7, 11) is 0. The second-order valence-corrected chi connectivity index (χ2v) is 7.00. The zero-order valence-electron chi connectivity index (χ0n) is 15.7. The predicted octanol–water partition coefficient (Wildman–Crippen LogP) is 2.83. The molecule has 0 aliphatic carbocycles. The third-order valence-electron chi connectivity index (χ3n) is 4.44. The SMILES string of the molecule is C[C@@H](OC(=O)CCN1C(=O)Cc2ccccc2C1=O)C(=O)Nc1cccc(Cl)c1. The third kappa shape index (κ3) is 5.00. The van der Waals surface area contributed by atoms with E-state index in [1.807, 2.05) is 0 Å². The van der Waals surface area contributed by atoms with E-state index in [9.17, 15) is 19.2 Å². The van der Waals surface area contributed by atoms with E-state index >= 15 is 0 Å². The van der Waals surface area contributed by atoms with Crippen molar-refractivity contribution >= 4 is 41.0 Å². The first-order valence-electron chi connectivity index (χ1n) is 9.03. The Morgan fingerprint density at radius 3 is 2.69 bits per heavy atom. The maximum absolute atomic E-state index is 12.5. The Hall–Kier alpha value is -3.19. The van der Waals surface area contributed by atoms with Crippen LogP contribution in [0.4, 0.5) is 5.69 Å². The molecule has 2 aromatic carbocycles. The molecule has 2 aromatic rings. The van der Waals surface area contributed by atoms with Gasteiger partial charge in [-0.3, -0.25) is 24.1 Å². The second-order valence-electron chi connectivity index (χ2n) is 6.57. The van der Waals surface area contributed by atoms with Crippen LogP contribution in [-0.2, 0) is 25.5 Å². The lowest BCUT2D eigenvalue weighted by atomic mass is 9.98. The maximum atomic E-state index is 12.5. The molecule has 3 amide bonds. The van der Waals surface area contributed by atoms with Crippen LogP contribution >= 0.6 is 11.6 Å². The van der Waals surface area contributed by atoms with Crippen molar-refractivity contribution in [3.63, 3.8) is 0 Å². The summed E-state index contributed by atoms with van der Waals surface area (Å²) >= 11 is 5.87. The summed E-state index contributed by atoms with van der Waals surface area (Å²) in [6.07, 6.45) is -1.14. The Kier molecular flexibility index (Phi) is 6.29. The average molecular weight is 415 g/mol. The number of imide groups is 1. The number of carbonyl (C=O) groups excluding carboxylic acids is 4. The monoisotopic (exact) mass is 414 g/mol. The smallest absolute Gasteiger partial charge is 0.308 e. The van der Waals surface area contributed by atoms with Crippen molar-refractivity contribution in [3.05, 3.63) is 64.7 Å². The number of amides is 3. The molecule has 1 aliphatic heterocycles. The number of anilines is 1. The molecule has 7 nitrogen and oxygen atoms in total. The van der Waals surface area contributed by atoms with Crippen LogP contribution in [0.2, 0.25) is 5.02 Å². The van der Waals surface area contributed by atoms with Crippen LogP contribution in [0.25, 0.3) is 0 Å². The van der Waals surface area contributed by atoms with Gasteiger partial charge in [0, 0.05) is 22.8 Å². The number of fused-ring (bicyclic) bond motifs is 1. The number of nitrogens with one attached hydrogen (secondary N) is 1. The standard InChI is InChI=1S/C21H19ClN2O5/c1-13(20(27)23-16-7-4-6-15(22)12-16)29-19(26)9-10-24-18(25)11-14-5-2-3-8-17(14)21(24)28/h2-8,12-13H,9-11H2,1H3,(H,23,27)/t13-/m1/s1. The highest BCUT2D eigenvalue weighted by molar-refractivity contribution is 6.30. The molecule has 29 heavy (non-hydrogen) atoms. The highest BCUT2D eigenvalue weighted by atomic mass is 35.5. The second kappa shape index (κ2) is 8.87. The Labute approximate surface area is 172 Å². The molecule has 0 aromatic heterocycles. The number of nitrogens with zero attached hydrogens (tertiary/aromatic N) is 1. The zero-order valence-corrected chi connectivity index (χ0v) is 16.4. The van der Waals surface area contributed by atoms with Gasteiger partial charge in [-0.2, -0.15) is 0 Å². The van der Waals surface area contributed by atoms with Gasteiger partial charge in [-0.05, 0) is 36.8 Å². The fourth-order valence-electron chi connectivity index (χ4n) is 2.95. The van der Waals surface area contributed by atoms with E-state index in [4.69, 9.17) is 16.3 Å². The van der Waals surface area contributed by atoms with Crippen molar-refractivity contribution in [2.45, 2.75) is 25.9 Å². The van der Waals surface area contributed by atoms with Crippen LogP contribution in [-0.4, -0.2) is 41.2 Å². The maximum Gasteiger partial charge on any atom is 0.308 e. The summed E-state index contributed by atoms with van der Waals surface area (Å²) in [4.78, 5) is 50.0. The summed E-state index contributed by atoms with van der Waals surface area (Å²) in [5.74, 6) is -2.00. The number of rotatable bonds is 6. The fraction of sp³-hybridized carbons (Fsp3) is 0.238. The molecule has 8 heteroatoms. The van der Waals surface area contributed by atoms with Crippen molar-refractivity contribution in [3.8, 4) is 0 Å². The zero-order chi connectivity index (χ0) is 21.0. The summed E-state index contributed by atoms with van der Waals surface area (Å²) in [6, 6.07) is 13.4. The summed E-state index contributed by atoms with van der Waals surface area (Å²) in [5, 5.41) is 3.06. The number of carbonyl (C=O) groups is 4. The Bertz CT molecular complexity index is 975. The number of hydrogen-bond acceptors (Lipinski definition) is 5. The van der Waals surface area contributed by atoms with Gasteiger partial charge in [0.2, 0.25) is 5.91 Å². The summed E-state index contributed by atoms with van der Waals surface area (Å²) in [5.41, 5.74) is 1.61. The Morgan fingerprint density at radius 1 is 1.17 bits per heavy atom. The van der Waals surface area contributed by atoms with Crippen molar-refractivity contribution in [1.82, 2.24) is 4.90 Å². The van der Waals surface area contributed by atoms with Crippen LogP contribution in [0.3, 0.4) is 0 Å². The van der Waals surface area contributed by atoms with E-state index in [0.29, 0.717) is 21.8 Å². The molecule has 150 valence electrons. The van der Waals surface area contributed by atoms with Gasteiger partial charge < -0.3 is 10.1 Å². The van der Waals surface area contributed by atoms with Crippen molar-refractivity contribution < 1.29 is 23.9 Å². The largest absolute Gasteiger partial charge is 0.452 e. The number of hydrogen-bond donors (Lipinski definition) is 1. The lowest BCUT2D eigenvalue weighted by molar-refractivity contribution is -0.153. The molecule has 1 heterocycles. The van der Waals surface area contributed by atoms with Crippen LogP contribution in [0.5, 0.6) is 0 Å². The lowest BCUT2D eigenvalue weighted by Gasteiger charge is -2.26. The van der Waals surface area contributed by atoms with Crippen LogP contribution in [0, 0.1) is 0 Å². The molecule has 0 bridgehead atoms. The third-order valence-corrected chi connectivity index (χ3v) is 4.68. The molecule has 0 fully saturated rings. The van der Waals surface area contributed by atoms with E-state index in [-0.39, 0.29) is 25.3 Å². The van der Waals surface area contributed by atoms with Gasteiger partial charge in [0.05, 0.1) is 12.8 Å². The number of halogens is 1. The van der Waals surface area contributed by atoms with E-state index < -0.39 is 23.9 Å². The lowest BCUT2D eigenvalue weighted by Crippen LogP contribution is -2.43. The van der Waals surface area contributed by atoms with Gasteiger partial charge in [0.15, 0.2) is 6.10 Å². The van der Waals surface area contributed by atoms with Crippen LogP contribution < -0.4 is 5.32 Å². The van der Waals surface area contributed by atoms with Crippen molar-refractivity contribution in [2.24, 2.45) is 0 Å². The predicted molar refractivity (Wildman–Crippen MR) is 106 cm³/mol. The molecule has 0 saturated heterocycles. The van der Waals surface area contributed by atoms with Gasteiger partial charge in [-0.25, -0.2) is 0 Å². The van der Waals surface area contributed by atoms with Gasteiger partial charge in [-0.1, -0.05) is 35.9 Å². The normalized spacial score (nSPS) is 14.2. The fourth-order valence-corrected chi connectivity index (χ4v) is 3.14. The van der Waals surface area contributed by atoms with Crippen molar-refractivity contribution in [1.29, 1.82) is 0 Å². The average Bonchev–Trinajstić information content (AvgIpc) is 2.67. The molecule has 1 aliphatic rings. The van der Waals surface area contributed by atoms with Gasteiger partial charge in [-0.15, -0.1) is 0 Å². The van der Waals surface area contributed by atoms with Gasteiger partial charge in [0.25, 0.3) is 11.8 Å². The number of ether oxygens (including phenoxy) is 1.